The lowest BCUT2D eigenvalue weighted by Crippen LogP contribution is -2.18. The number of hydrogen-bond acceptors (Lipinski definition) is 11. The molecule has 0 spiro atoms. The van der Waals surface area contributed by atoms with Crippen LogP contribution in [0, 0.1) is 6.92 Å². The molecule has 0 saturated carbocycles. The van der Waals surface area contributed by atoms with Crippen molar-refractivity contribution in [1.82, 2.24) is 0 Å². The second-order valence-electron chi connectivity index (χ2n) is 14.4. The third-order valence-electron chi connectivity index (χ3n) is 8.14. The van der Waals surface area contributed by atoms with Gasteiger partial charge in [-0.05, 0) is 57.7 Å². The summed E-state index contributed by atoms with van der Waals surface area (Å²) in [6.45, 7) is 16.7. The Bertz CT molecular complexity index is 1530. The molecule has 3 aromatic carbocycles. The number of aryl methyl sites for hydroxylation is 1. The molecule has 0 unspecified atom stereocenters. The van der Waals surface area contributed by atoms with Gasteiger partial charge in [0.1, 0.15) is 24.7 Å². The number of nitrogens with two attached hydrogens (primary N) is 5. The Balaban J connectivity index is 2.19. The molecule has 0 aliphatic heterocycles. The Labute approximate surface area is 307 Å². The SMILES string of the molecule is Cc1cc(C(C)(C)C)cc(CC(=O)c2cc(C(=O)Cc3cc(C(C)(C)C)cc(N)c3SCCN)c(OCCN)cc2OCCN)c1SCCN. The Morgan fingerprint density at radius 2 is 1.06 bits per heavy atom. The minimum Gasteiger partial charge on any atom is -0.491 e. The summed E-state index contributed by atoms with van der Waals surface area (Å²) in [5.41, 5.74) is 35.7. The summed E-state index contributed by atoms with van der Waals surface area (Å²) in [5, 5.41) is 0. The molecule has 0 fully saturated rings. The number of ether oxygens (including phenoxy) is 2. The van der Waals surface area contributed by atoms with E-state index in [9.17, 15) is 9.59 Å². The molecule has 0 amide bonds. The standard InChI is InChI=1S/C39H57N5O4S2/c1-24-16-27(38(2,3)4)17-25(36(24)49-14-10-42)19-32(45)29-22-30(35(48-13-9-41)23-34(29)47-12-8-40)33(46)20-26-18-28(39(5,6)7)21-31(44)37(26)50-15-11-43/h16-18,21-23H,8-15,19-20,40-44H2,1-7H3. The maximum Gasteiger partial charge on any atom is 0.171 e. The molecule has 0 aliphatic rings. The molecule has 3 aromatic rings. The van der Waals surface area contributed by atoms with E-state index < -0.39 is 0 Å². The number of benzene rings is 3. The average Bonchev–Trinajstić information content (AvgIpc) is 3.04. The molecule has 274 valence electrons. The van der Waals surface area contributed by atoms with Crippen LogP contribution in [0.2, 0.25) is 0 Å². The van der Waals surface area contributed by atoms with Gasteiger partial charge >= 0.3 is 0 Å². The lowest BCUT2D eigenvalue weighted by molar-refractivity contribution is 0.0988. The first kappa shape index (κ1) is 41.4. The molecule has 3 rings (SSSR count). The number of hydrogen-bond donors (Lipinski definition) is 5. The lowest BCUT2D eigenvalue weighted by atomic mass is 9.84. The molecular weight excluding hydrogens is 667 g/mol. The smallest absolute Gasteiger partial charge is 0.171 e. The van der Waals surface area contributed by atoms with Gasteiger partial charge in [-0.1, -0.05) is 59.7 Å². The first-order valence-electron chi connectivity index (χ1n) is 17.2. The molecular formula is C39H57N5O4S2. The molecule has 0 atom stereocenters. The molecule has 0 heterocycles. The van der Waals surface area contributed by atoms with Crippen LogP contribution in [0.3, 0.4) is 0 Å². The summed E-state index contributed by atoms with van der Waals surface area (Å²) >= 11 is 3.18. The normalized spacial score (nSPS) is 11.9. The van der Waals surface area contributed by atoms with E-state index in [1.165, 1.54) is 11.8 Å². The quantitative estimate of drug-likeness (QED) is 0.0608. The van der Waals surface area contributed by atoms with Crippen molar-refractivity contribution in [3.63, 3.8) is 0 Å². The molecule has 0 aliphatic carbocycles. The third-order valence-corrected chi connectivity index (χ3v) is 10.7. The summed E-state index contributed by atoms with van der Waals surface area (Å²) in [6.07, 6.45) is 0.153. The van der Waals surface area contributed by atoms with E-state index >= 15 is 0 Å². The van der Waals surface area contributed by atoms with E-state index in [4.69, 9.17) is 38.1 Å². The number of thioether (sulfide) groups is 2. The Morgan fingerprint density at radius 1 is 0.620 bits per heavy atom. The zero-order valence-corrected chi connectivity index (χ0v) is 32.5. The Hall–Kier alpha value is -3.06. The number of carbonyl (C=O) groups is 2. The van der Waals surface area contributed by atoms with Crippen LogP contribution in [0.5, 0.6) is 11.5 Å². The zero-order valence-electron chi connectivity index (χ0n) is 30.9. The fourth-order valence-electron chi connectivity index (χ4n) is 5.50. The van der Waals surface area contributed by atoms with E-state index in [1.54, 1.807) is 23.9 Å². The number of Topliss-reactive ketones (excluding diaryl/α,β-unsaturated/α-hetero) is 2. The predicted octanol–water partition coefficient (Wildman–Crippen LogP) is 5.80. The van der Waals surface area contributed by atoms with Crippen molar-refractivity contribution in [2.75, 3.05) is 56.6 Å². The van der Waals surface area contributed by atoms with Gasteiger partial charge in [0.25, 0.3) is 0 Å². The van der Waals surface area contributed by atoms with Crippen molar-refractivity contribution in [3.05, 3.63) is 75.3 Å². The highest BCUT2D eigenvalue weighted by molar-refractivity contribution is 7.99. The van der Waals surface area contributed by atoms with Crippen LogP contribution in [-0.2, 0) is 23.7 Å². The van der Waals surface area contributed by atoms with E-state index in [0.29, 0.717) is 36.0 Å². The fourth-order valence-corrected chi connectivity index (χ4v) is 7.29. The molecule has 0 saturated heterocycles. The van der Waals surface area contributed by atoms with Crippen LogP contribution >= 0.6 is 23.5 Å². The van der Waals surface area contributed by atoms with Gasteiger partial charge in [-0.3, -0.25) is 9.59 Å². The molecule has 50 heavy (non-hydrogen) atoms. The van der Waals surface area contributed by atoms with Crippen molar-refractivity contribution >= 4 is 40.8 Å². The van der Waals surface area contributed by atoms with Crippen LogP contribution in [0.4, 0.5) is 5.69 Å². The van der Waals surface area contributed by atoms with Crippen LogP contribution in [-0.4, -0.2) is 62.5 Å². The number of rotatable bonds is 18. The van der Waals surface area contributed by atoms with Gasteiger partial charge in [0.2, 0.25) is 0 Å². The van der Waals surface area contributed by atoms with E-state index in [2.05, 4.69) is 60.6 Å². The van der Waals surface area contributed by atoms with Crippen molar-refractivity contribution in [2.45, 2.75) is 81.9 Å². The zero-order chi connectivity index (χ0) is 37.2. The number of carbonyl (C=O) groups excluding carboxylic acids is 2. The van der Waals surface area contributed by atoms with Gasteiger partial charge in [0.05, 0.1) is 11.1 Å². The van der Waals surface area contributed by atoms with E-state index in [0.717, 1.165) is 43.4 Å². The first-order chi connectivity index (χ1) is 23.5. The molecule has 9 nitrogen and oxygen atoms in total. The predicted molar refractivity (Wildman–Crippen MR) is 211 cm³/mol. The van der Waals surface area contributed by atoms with E-state index in [-0.39, 0.29) is 72.7 Å². The van der Waals surface area contributed by atoms with Crippen LogP contribution in [0.25, 0.3) is 0 Å². The number of nitrogen functional groups attached to an aromatic ring is 1. The highest BCUT2D eigenvalue weighted by Gasteiger charge is 2.26. The summed E-state index contributed by atoms with van der Waals surface area (Å²) in [4.78, 5) is 30.6. The lowest BCUT2D eigenvalue weighted by Gasteiger charge is -2.23. The van der Waals surface area contributed by atoms with Gasteiger partial charge in [-0.15, -0.1) is 23.5 Å². The van der Waals surface area contributed by atoms with Crippen molar-refractivity contribution in [1.29, 1.82) is 0 Å². The number of ketones is 2. The van der Waals surface area contributed by atoms with Crippen molar-refractivity contribution in [2.24, 2.45) is 22.9 Å². The van der Waals surface area contributed by atoms with E-state index in [1.807, 2.05) is 12.1 Å². The van der Waals surface area contributed by atoms with Crippen molar-refractivity contribution < 1.29 is 19.1 Å². The summed E-state index contributed by atoms with van der Waals surface area (Å²) in [7, 11) is 0. The molecule has 11 heteroatoms. The molecule has 0 aromatic heterocycles. The maximum atomic E-state index is 14.4. The Kier molecular flexibility index (Phi) is 15.3. The first-order valence-corrected chi connectivity index (χ1v) is 19.2. The van der Waals surface area contributed by atoms with Gasteiger partial charge in [0, 0.05) is 72.1 Å². The summed E-state index contributed by atoms with van der Waals surface area (Å²) in [5.74, 6) is 1.57. The molecule has 10 N–H and O–H groups in total. The van der Waals surface area contributed by atoms with Gasteiger partial charge < -0.3 is 38.1 Å². The van der Waals surface area contributed by atoms with Crippen LogP contribution in [0.1, 0.15) is 90.1 Å². The van der Waals surface area contributed by atoms with Gasteiger partial charge in [0.15, 0.2) is 11.6 Å². The molecule has 0 radical (unpaired) electrons. The van der Waals surface area contributed by atoms with Gasteiger partial charge in [-0.25, -0.2) is 0 Å². The van der Waals surface area contributed by atoms with Crippen LogP contribution in [0.15, 0.2) is 46.2 Å². The van der Waals surface area contributed by atoms with Gasteiger partial charge in [-0.2, -0.15) is 0 Å². The minimum atomic E-state index is -0.221. The summed E-state index contributed by atoms with van der Waals surface area (Å²) in [6, 6.07) is 11.5. The highest BCUT2D eigenvalue weighted by Crippen LogP contribution is 2.38. The van der Waals surface area contributed by atoms with Crippen molar-refractivity contribution in [3.8, 4) is 11.5 Å². The Morgan fingerprint density at radius 3 is 1.50 bits per heavy atom. The second-order valence-corrected chi connectivity index (χ2v) is 16.6. The highest BCUT2D eigenvalue weighted by atomic mass is 32.2. The third kappa shape index (κ3) is 11.0. The minimum absolute atomic E-state index is 0.0450. The molecule has 0 bridgehead atoms. The number of anilines is 1. The second kappa shape index (κ2) is 18.4. The monoisotopic (exact) mass is 723 g/mol. The largest absolute Gasteiger partial charge is 0.491 e. The fraction of sp³-hybridized carbons (Fsp3) is 0.487. The average molecular weight is 724 g/mol. The summed E-state index contributed by atoms with van der Waals surface area (Å²) < 4.78 is 12.0. The van der Waals surface area contributed by atoms with Crippen LogP contribution < -0.4 is 38.1 Å². The maximum absolute atomic E-state index is 14.4. The topological polar surface area (TPSA) is 183 Å².